The smallest absolute Gasteiger partial charge is 0.315 e. The van der Waals surface area contributed by atoms with Crippen LogP contribution < -0.4 is 0 Å². The number of hydrogen-bond donors (Lipinski definition) is 0. The lowest BCUT2D eigenvalue weighted by Crippen LogP contribution is -2.55. The summed E-state index contributed by atoms with van der Waals surface area (Å²) in [7, 11) is 1.42. The van der Waals surface area contributed by atoms with Gasteiger partial charge in [-0.05, 0) is 30.0 Å². The first kappa shape index (κ1) is 14.9. The minimum absolute atomic E-state index is 0.00658. The number of benzene rings is 2. The van der Waals surface area contributed by atoms with Gasteiger partial charge in [0.2, 0.25) is 0 Å². The van der Waals surface area contributed by atoms with Crippen LogP contribution in [-0.4, -0.2) is 30.4 Å². The summed E-state index contributed by atoms with van der Waals surface area (Å²) in [5, 5.41) is 0. The first-order valence-corrected chi connectivity index (χ1v) is 8.24. The van der Waals surface area contributed by atoms with E-state index in [1.54, 1.807) is 6.07 Å². The minimum Gasteiger partial charge on any atom is -0.468 e. The lowest BCUT2D eigenvalue weighted by molar-refractivity contribution is -0.146. The second-order valence-corrected chi connectivity index (χ2v) is 6.39. The molecule has 0 bridgehead atoms. The number of methoxy groups -OCH3 is 1. The van der Waals surface area contributed by atoms with Crippen molar-refractivity contribution in [3.05, 3.63) is 71.3 Å². The molecule has 1 amide bonds. The van der Waals surface area contributed by atoms with Gasteiger partial charge in [-0.3, -0.25) is 9.59 Å². The van der Waals surface area contributed by atoms with Crippen molar-refractivity contribution in [2.24, 2.45) is 0 Å². The molecule has 1 fully saturated rings. The van der Waals surface area contributed by atoms with E-state index in [2.05, 4.69) is 0 Å². The van der Waals surface area contributed by atoms with Crippen LogP contribution >= 0.6 is 0 Å². The van der Waals surface area contributed by atoms with Gasteiger partial charge in [-0.1, -0.05) is 48.5 Å². The highest BCUT2D eigenvalue weighted by atomic mass is 16.5. The van der Waals surface area contributed by atoms with E-state index < -0.39 is 11.5 Å². The Morgan fingerprint density at radius 2 is 1.83 bits per heavy atom. The van der Waals surface area contributed by atoms with Crippen LogP contribution in [0.3, 0.4) is 0 Å². The molecule has 0 radical (unpaired) electrons. The summed E-state index contributed by atoms with van der Waals surface area (Å²) in [4.78, 5) is 27.8. The van der Waals surface area contributed by atoms with Crippen molar-refractivity contribution in [1.82, 2.24) is 4.90 Å². The number of carbonyl (C=O) groups excluding carboxylic acids is 2. The van der Waals surface area contributed by atoms with E-state index in [-0.39, 0.29) is 11.9 Å². The molecule has 2 atom stereocenters. The Kier molecular flexibility index (Phi) is 3.41. The molecule has 24 heavy (non-hydrogen) atoms. The zero-order chi connectivity index (χ0) is 16.7. The Bertz CT molecular complexity index is 802. The van der Waals surface area contributed by atoms with Crippen LogP contribution in [-0.2, 0) is 15.1 Å². The molecule has 2 aliphatic heterocycles. The Labute approximate surface area is 141 Å². The number of nitrogens with zero attached hydrogens (tertiary/aromatic N) is 1. The van der Waals surface area contributed by atoms with Crippen LogP contribution in [0.25, 0.3) is 0 Å². The monoisotopic (exact) mass is 321 g/mol. The molecule has 2 aromatic rings. The second kappa shape index (κ2) is 5.48. The van der Waals surface area contributed by atoms with E-state index in [1.807, 2.05) is 53.4 Å². The van der Waals surface area contributed by atoms with Gasteiger partial charge in [0.15, 0.2) is 0 Å². The van der Waals surface area contributed by atoms with Gasteiger partial charge in [0, 0.05) is 12.1 Å². The second-order valence-electron chi connectivity index (χ2n) is 6.39. The van der Waals surface area contributed by atoms with E-state index in [0.717, 1.165) is 24.0 Å². The summed E-state index contributed by atoms with van der Waals surface area (Å²) in [5.41, 5.74) is 1.73. The molecule has 0 N–H and O–H groups in total. The molecule has 2 aliphatic rings. The minimum atomic E-state index is -0.653. The molecule has 4 nitrogen and oxygen atoms in total. The summed E-state index contributed by atoms with van der Waals surface area (Å²) < 4.78 is 5.16. The SMILES string of the molecule is COC(=O)[C@@H]1c2ccccc2C(=O)N2CCC[C@]12c1ccccc1. The highest BCUT2D eigenvalue weighted by Crippen LogP contribution is 2.53. The molecule has 1 saturated heterocycles. The van der Waals surface area contributed by atoms with Crippen LogP contribution in [0.4, 0.5) is 0 Å². The molecule has 0 unspecified atom stereocenters. The van der Waals surface area contributed by atoms with Crippen LogP contribution in [0.1, 0.15) is 40.2 Å². The van der Waals surface area contributed by atoms with Gasteiger partial charge in [-0.25, -0.2) is 0 Å². The maximum Gasteiger partial charge on any atom is 0.315 e. The molecular weight excluding hydrogens is 302 g/mol. The Morgan fingerprint density at radius 1 is 1.12 bits per heavy atom. The predicted molar refractivity (Wildman–Crippen MR) is 89.6 cm³/mol. The summed E-state index contributed by atoms with van der Waals surface area (Å²) in [5.74, 6) is -0.779. The molecule has 2 aromatic carbocycles. The lowest BCUT2D eigenvalue weighted by atomic mass is 9.69. The van der Waals surface area contributed by atoms with Gasteiger partial charge in [-0.2, -0.15) is 0 Å². The van der Waals surface area contributed by atoms with Crippen molar-refractivity contribution in [1.29, 1.82) is 0 Å². The van der Waals surface area contributed by atoms with Crippen LogP contribution in [0.2, 0.25) is 0 Å². The maximum atomic E-state index is 13.1. The number of ether oxygens (including phenoxy) is 1. The van der Waals surface area contributed by atoms with Gasteiger partial charge in [-0.15, -0.1) is 0 Å². The average Bonchev–Trinajstić information content (AvgIpc) is 3.08. The number of fused-ring (bicyclic) bond motifs is 2. The van der Waals surface area contributed by atoms with Gasteiger partial charge < -0.3 is 9.64 Å². The van der Waals surface area contributed by atoms with Crippen molar-refractivity contribution in [2.45, 2.75) is 24.3 Å². The van der Waals surface area contributed by atoms with E-state index in [1.165, 1.54) is 7.11 Å². The third-order valence-corrected chi connectivity index (χ3v) is 5.36. The molecule has 4 heteroatoms. The lowest BCUT2D eigenvalue weighted by Gasteiger charge is -2.47. The molecule has 0 spiro atoms. The zero-order valence-corrected chi connectivity index (χ0v) is 13.6. The fraction of sp³-hybridized carbons (Fsp3) is 0.300. The van der Waals surface area contributed by atoms with Gasteiger partial charge in [0.05, 0.1) is 12.6 Å². The van der Waals surface area contributed by atoms with Crippen molar-refractivity contribution in [2.75, 3.05) is 13.7 Å². The van der Waals surface area contributed by atoms with Crippen molar-refractivity contribution in [3.8, 4) is 0 Å². The van der Waals surface area contributed by atoms with Crippen LogP contribution in [0.15, 0.2) is 54.6 Å². The van der Waals surface area contributed by atoms with E-state index in [0.29, 0.717) is 12.1 Å². The summed E-state index contributed by atoms with van der Waals surface area (Å²) in [6, 6.07) is 17.3. The molecule has 122 valence electrons. The van der Waals surface area contributed by atoms with E-state index in [4.69, 9.17) is 4.74 Å². The predicted octanol–water partition coefficient (Wildman–Crippen LogP) is 3.09. The summed E-state index contributed by atoms with van der Waals surface area (Å²) in [6.07, 6.45) is 1.64. The van der Waals surface area contributed by atoms with Crippen LogP contribution in [0.5, 0.6) is 0 Å². The number of esters is 1. The number of amides is 1. The first-order chi connectivity index (χ1) is 11.7. The van der Waals surface area contributed by atoms with Crippen LogP contribution in [0, 0.1) is 0 Å². The normalized spacial score (nSPS) is 25.1. The van der Waals surface area contributed by atoms with Crippen molar-refractivity contribution in [3.63, 3.8) is 0 Å². The number of carbonyl (C=O) groups is 2. The quantitative estimate of drug-likeness (QED) is 0.799. The van der Waals surface area contributed by atoms with E-state index in [9.17, 15) is 9.59 Å². The average molecular weight is 321 g/mol. The molecule has 2 heterocycles. The van der Waals surface area contributed by atoms with Gasteiger partial charge >= 0.3 is 5.97 Å². The molecule has 0 aromatic heterocycles. The third kappa shape index (κ3) is 1.86. The standard InChI is InChI=1S/C20H19NO3/c1-24-19(23)17-15-10-5-6-11-16(15)18(22)21-13-7-12-20(17,21)14-8-3-2-4-9-14/h2-6,8-11,17H,7,12-13H2,1H3/t17-,20-/m0/s1. The Morgan fingerprint density at radius 3 is 2.58 bits per heavy atom. The van der Waals surface area contributed by atoms with Gasteiger partial charge in [0.25, 0.3) is 5.91 Å². The zero-order valence-electron chi connectivity index (χ0n) is 13.6. The topological polar surface area (TPSA) is 46.6 Å². The maximum absolute atomic E-state index is 13.1. The van der Waals surface area contributed by atoms with Crippen molar-refractivity contribution >= 4 is 11.9 Å². The number of hydrogen-bond acceptors (Lipinski definition) is 3. The molecule has 0 aliphatic carbocycles. The fourth-order valence-corrected chi connectivity index (χ4v) is 4.40. The number of rotatable bonds is 2. The highest BCUT2D eigenvalue weighted by molar-refractivity contribution is 6.01. The van der Waals surface area contributed by atoms with E-state index >= 15 is 0 Å². The summed E-state index contributed by atoms with van der Waals surface area (Å²) >= 11 is 0. The summed E-state index contributed by atoms with van der Waals surface area (Å²) in [6.45, 7) is 0.662. The van der Waals surface area contributed by atoms with Crippen molar-refractivity contribution < 1.29 is 14.3 Å². The highest BCUT2D eigenvalue weighted by Gasteiger charge is 2.58. The Balaban J connectivity index is 2.02. The molecular formula is C20H19NO3. The fourth-order valence-electron chi connectivity index (χ4n) is 4.40. The molecule has 0 saturated carbocycles. The van der Waals surface area contributed by atoms with Gasteiger partial charge in [0.1, 0.15) is 5.92 Å². The largest absolute Gasteiger partial charge is 0.468 e. The Hall–Kier alpha value is -2.62. The third-order valence-electron chi connectivity index (χ3n) is 5.36. The molecule has 4 rings (SSSR count). The first-order valence-electron chi connectivity index (χ1n) is 8.24.